The molecule has 0 amide bonds. The van der Waals surface area contributed by atoms with Crippen LogP contribution in [0.25, 0.3) is 0 Å². The van der Waals surface area contributed by atoms with Crippen molar-refractivity contribution in [1.29, 1.82) is 0 Å². The molecule has 0 aromatic rings. The van der Waals surface area contributed by atoms with E-state index in [0.717, 1.165) is 13.0 Å². The molecule has 1 heterocycles. The van der Waals surface area contributed by atoms with Crippen LogP contribution in [0.2, 0.25) is 0 Å². The van der Waals surface area contributed by atoms with Gasteiger partial charge in [-0.3, -0.25) is 4.90 Å². The van der Waals surface area contributed by atoms with E-state index in [0.29, 0.717) is 12.6 Å². The molecule has 0 spiro atoms. The van der Waals surface area contributed by atoms with E-state index in [4.69, 9.17) is 0 Å². The predicted molar refractivity (Wildman–Crippen MR) is 66.3 cm³/mol. The lowest BCUT2D eigenvalue weighted by atomic mass is 9.91. The molecule has 2 heteroatoms. The Bertz CT molecular complexity index is 277. The minimum atomic E-state index is -0.587. The van der Waals surface area contributed by atoms with E-state index in [1.54, 1.807) is 5.57 Å². The van der Waals surface area contributed by atoms with Gasteiger partial charge >= 0.3 is 0 Å². The Kier molecular flexibility index (Phi) is 3.39. The van der Waals surface area contributed by atoms with Crippen LogP contribution in [0.15, 0.2) is 11.6 Å². The lowest BCUT2D eigenvalue weighted by molar-refractivity contribution is 0.246. The summed E-state index contributed by atoms with van der Waals surface area (Å²) in [6.45, 7) is 8.35. The zero-order chi connectivity index (χ0) is 11.8. The molecule has 1 aliphatic carbocycles. The maximum absolute atomic E-state index is 13.2. The second-order valence-corrected chi connectivity index (χ2v) is 6.37. The van der Waals surface area contributed by atoms with Gasteiger partial charge < -0.3 is 0 Å². The first-order valence-corrected chi connectivity index (χ1v) is 6.55. The molecule has 1 saturated heterocycles. The van der Waals surface area contributed by atoms with E-state index < -0.39 is 6.17 Å². The number of alkyl halides is 1. The molecule has 2 fully saturated rings. The smallest absolute Gasteiger partial charge is 0.114 e. The maximum Gasteiger partial charge on any atom is 0.114 e. The van der Waals surface area contributed by atoms with Gasteiger partial charge in [0, 0.05) is 19.1 Å². The van der Waals surface area contributed by atoms with Gasteiger partial charge in [0.25, 0.3) is 0 Å². The van der Waals surface area contributed by atoms with Crippen LogP contribution < -0.4 is 0 Å². The van der Waals surface area contributed by atoms with Crippen LogP contribution in [-0.4, -0.2) is 30.2 Å². The number of allylic oxidation sites excluding steroid dienone is 1. The van der Waals surface area contributed by atoms with Crippen LogP contribution in [0.3, 0.4) is 0 Å². The Morgan fingerprint density at radius 3 is 2.62 bits per heavy atom. The van der Waals surface area contributed by atoms with E-state index in [9.17, 15) is 4.39 Å². The summed E-state index contributed by atoms with van der Waals surface area (Å²) in [7, 11) is 0. The van der Waals surface area contributed by atoms with Crippen LogP contribution in [0, 0.1) is 5.41 Å². The highest BCUT2D eigenvalue weighted by molar-refractivity contribution is 5.19. The SMILES string of the molecule is CC(C)(C)/C=C1\CCCC1N1CCC(F)C1. The molecule has 0 N–H and O–H groups in total. The van der Waals surface area contributed by atoms with Crippen LogP contribution in [0.1, 0.15) is 46.5 Å². The number of rotatable bonds is 1. The lowest BCUT2D eigenvalue weighted by Crippen LogP contribution is -2.33. The van der Waals surface area contributed by atoms with Crippen LogP contribution >= 0.6 is 0 Å². The number of halogens is 1. The normalized spacial score (nSPS) is 35.1. The van der Waals surface area contributed by atoms with Crippen LogP contribution in [0.4, 0.5) is 4.39 Å². The van der Waals surface area contributed by atoms with Crippen molar-refractivity contribution in [2.24, 2.45) is 5.41 Å². The highest BCUT2D eigenvalue weighted by atomic mass is 19.1. The molecule has 2 aliphatic rings. The summed E-state index contributed by atoms with van der Waals surface area (Å²) in [6.07, 6.45) is 6.29. The first-order valence-electron chi connectivity index (χ1n) is 6.55. The van der Waals surface area contributed by atoms with Gasteiger partial charge in [-0.05, 0) is 31.1 Å². The molecular formula is C14H24FN. The van der Waals surface area contributed by atoms with Crippen molar-refractivity contribution in [1.82, 2.24) is 4.90 Å². The average molecular weight is 225 g/mol. The van der Waals surface area contributed by atoms with Crippen molar-refractivity contribution in [2.45, 2.75) is 58.7 Å². The van der Waals surface area contributed by atoms with E-state index in [1.165, 1.54) is 19.3 Å². The Morgan fingerprint density at radius 2 is 2.06 bits per heavy atom. The maximum atomic E-state index is 13.2. The molecule has 0 radical (unpaired) electrons. The van der Waals surface area contributed by atoms with Gasteiger partial charge in [-0.2, -0.15) is 0 Å². The highest BCUT2D eigenvalue weighted by Crippen LogP contribution is 2.34. The standard InChI is InChI=1S/C14H24FN/c1-14(2,3)9-11-5-4-6-13(11)16-8-7-12(15)10-16/h9,12-13H,4-8,10H2,1-3H3/b11-9+. The van der Waals surface area contributed by atoms with E-state index in [-0.39, 0.29) is 5.41 Å². The largest absolute Gasteiger partial charge is 0.294 e. The van der Waals surface area contributed by atoms with E-state index >= 15 is 0 Å². The molecule has 2 unspecified atom stereocenters. The molecule has 1 aliphatic heterocycles. The molecule has 16 heavy (non-hydrogen) atoms. The fourth-order valence-electron chi connectivity index (χ4n) is 3.02. The minimum Gasteiger partial charge on any atom is -0.294 e. The zero-order valence-corrected chi connectivity index (χ0v) is 10.8. The molecule has 92 valence electrons. The monoisotopic (exact) mass is 225 g/mol. The van der Waals surface area contributed by atoms with Crippen molar-refractivity contribution in [3.8, 4) is 0 Å². The second-order valence-electron chi connectivity index (χ2n) is 6.37. The van der Waals surface area contributed by atoms with Gasteiger partial charge in [0.2, 0.25) is 0 Å². The molecule has 0 bridgehead atoms. The Morgan fingerprint density at radius 1 is 1.31 bits per heavy atom. The van der Waals surface area contributed by atoms with E-state index in [1.807, 2.05) is 0 Å². The Hall–Kier alpha value is -0.370. The number of likely N-dealkylation sites (tertiary alicyclic amines) is 1. The van der Waals surface area contributed by atoms with Crippen molar-refractivity contribution in [2.75, 3.05) is 13.1 Å². The van der Waals surface area contributed by atoms with Crippen LogP contribution in [0.5, 0.6) is 0 Å². The Balaban J connectivity index is 2.06. The summed E-state index contributed by atoms with van der Waals surface area (Å²) in [4.78, 5) is 2.36. The molecule has 2 rings (SSSR count). The van der Waals surface area contributed by atoms with Gasteiger partial charge in [0.05, 0.1) is 0 Å². The number of nitrogens with zero attached hydrogens (tertiary/aromatic N) is 1. The summed E-state index contributed by atoms with van der Waals surface area (Å²) >= 11 is 0. The van der Waals surface area contributed by atoms with Crippen molar-refractivity contribution < 1.29 is 4.39 Å². The third-order valence-electron chi connectivity index (χ3n) is 3.59. The summed E-state index contributed by atoms with van der Waals surface area (Å²) in [5.41, 5.74) is 1.81. The number of hydrogen-bond acceptors (Lipinski definition) is 1. The predicted octanol–water partition coefficient (Wildman–Crippen LogP) is 3.56. The summed E-state index contributed by atoms with van der Waals surface area (Å²) in [5.74, 6) is 0. The molecule has 2 atom stereocenters. The summed E-state index contributed by atoms with van der Waals surface area (Å²) < 4.78 is 13.2. The van der Waals surface area contributed by atoms with Crippen LogP contribution in [-0.2, 0) is 0 Å². The molecule has 1 saturated carbocycles. The van der Waals surface area contributed by atoms with Gasteiger partial charge in [-0.1, -0.05) is 32.4 Å². The quantitative estimate of drug-likeness (QED) is 0.617. The van der Waals surface area contributed by atoms with Gasteiger partial charge in [0.1, 0.15) is 6.17 Å². The van der Waals surface area contributed by atoms with Crippen molar-refractivity contribution in [3.63, 3.8) is 0 Å². The molecular weight excluding hydrogens is 201 g/mol. The topological polar surface area (TPSA) is 3.24 Å². The zero-order valence-electron chi connectivity index (χ0n) is 10.8. The third-order valence-corrected chi connectivity index (χ3v) is 3.59. The van der Waals surface area contributed by atoms with Crippen molar-refractivity contribution >= 4 is 0 Å². The lowest BCUT2D eigenvalue weighted by Gasteiger charge is -2.26. The fraction of sp³-hybridized carbons (Fsp3) is 0.857. The Labute approximate surface area is 98.7 Å². The van der Waals surface area contributed by atoms with Crippen molar-refractivity contribution in [3.05, 3.63) is 11.6 Å². The van der Waals surface area contributed by atoms with E-state index in [2.05, 4.69) is 31.7 Å². The van der Waals surface area contributed by atoms with Gasteiger partial charge in [-0.15, -0.1) is 0 Å². The first-order chi connectivity index (χ1) is 7.46. The van der Waals surface area contributed by atoms with Gasteiger partial charge in [-0.25, -0.2) is 4.39 Å². The highest BCUT2D eigenvalue weighted by Gasteiger charge is 2.33. The van der Waals surface area contributed by atoms with Gasteiger partial charge in [0.15, 0.2) is 0 Å². The average Bonchev–Trinajstić information content (AvgIpc) is 2.71. The molecule has 0 aromatic carbocycles. The molecule has 1 nitrogen and oxygen atoms in total. The summed E-state index contributed by atoms with van der Waals surface area (Å²) in [5, 5.41) is 0. The molecule has 0 aromatic heterocycles. The first kappa shape index (κ1) is 12.1. The number of hydrogen-bond donors (Lipinski definition) is 0. The third kappa shape index (κ3) is 2.85. The summed E-state index contributed by atoms with van der Waals surface area (Å²) in [6, 6.07) is 0.542. The minimum absolute atomic E-state index is 0.257. The fourth-order valence-corrected chi connectivity index (χ4v) is 3.02. The second kappa shape index (κ2) is 4.48.